The van der Waals surface area contributed by atoms with Gasteiger partial charge >= 0.3 is 0 Å². The van der Waals surface area contributed by atoms with Crippen LogP contribution in [0.3, 0.4) is 0 Å². The van der Waals surface area contributed by atoms with Crippen molar-refractivity contribution in [3.8, 4) is 0 Å². The predicted molar refractivity (Wildman–Crippen MR) is 54.6 cm³/mol. The van der Waals surface area contributed by atoms with E-state index in [1.807, 2.05) is 0 Å². The Hall–Kier alpha value is 0.210. The third kappa shape index (κ3) is 2.11. The molecule has 0 saturated heterocycles. The second-order valence-electron chi connectivity index (χ2n) is 2.70. The molecule has 0 aromatic rings. The highest BCUT2D eigenvalue weighted by Crippen LogP contribution is 2.21. The smallest absolute Gasteiger partial charge is 0.00328 e. The molecule has 0 aromatic carbocycles. The van der Waals surface area contributed by atoms with Crippen molar-refractivity contribution in [2.75, 3.05) is 4.43 Å². The molecular formula is C9H13I. The van der Waals surface area contributed by atoms with E-state index in [1.165, 1.54) is 23.7 Å². The first kappa shape index (κ1) is 8.31. The first-order chi connectivity index (χ1) is 4.84. The Balaban J connectivity index is 2.53. The summed E-state index contributed by atoms with van der Waals surface area (Å²) in [5.41, 5.74) is 3.26. The molecule has 0 bridgehead atoms. The van der Waals surface area contributed by atoms with Crippen LogP contribution in [0.15, 0.2) is 23.3 Å². The molecule has 0 spiro atoms. The van der Waals surface area contributed by atoms with Gasteiger partial charge in [0.2, 0.25) is 0 Å². The first-order valence-electron chi connectivity index (χ1n) is 3.73. The van der Waals surface area contributed by atoms with E-state index in [0.29, 0.717) is 0 Å². The van der Waals surface area contributed by atoms with Crippen molar-refractivity contribution < 1.29 is 0 Å². The molecule has 0 heterocycles. The van der Waals surface area contributed by atoms with Gasteiger partial charge in [-0.25, -0.2) is 0 Å². The van der Waals surface area contributed by atoms with Gasteiger partial charge < -0.3 is 0 Å². The summed E-state index contributed by atoms with van der Waals surface area (Å²) in [5.74, 6) is 0. The zero-order valence-electron chi connectivity index (χ0n) is 6.36. The summed E-state index contributed by atoms with van der Waals surface area (Å²) >= 11 is 2.44. The van der Waals surface area contributed by atoms with Crippen molar-refractivity contribution in [1.29, 1.82) is 0 Å². The Labute approximate surface area is 76.5 Å². The van der Waals surface area contributed by atoms with E-state index >= 15 is 0 Å². The fraction of sp³-hybridized carbons (Fsp3) is 0.556. The van der Waals surface area contributed by atoms with Gasteiger partial charge in [0, 0.05) is 4.43 Å². The average molecular weight is 248 g/mol. The van der Waals surface area contributed by atoms with Gasteiger partial charge in [-0.15, -0.1) is 0 Å². The molecule has 1 heteroatoms. The van der Waals surface area contributed by atoms with Gasteiger partial charge in [0.15, 0.2) is 0 Å². The maximum absolute atomic E-state index is 2.44. The summed E-state index contributed by atoms with van der Waals surface area (Å²) in [6.45, 7) is 2.26. The van der Waals surface area contributed by atoms with Gasteiger partial charge in [0.25, 0.3) is 0 Å². The van der Waals surface area contributed by atoms with E-state index < -0.39 is 0 Å². The normalized spacial score (nSPS) is 18.2. The third-order valence-corrected chi connectivity index (χ3v) is 2.49. The standard InChI is InChI=1S/C9H13I/c1-8-4-2-3-5-9(8)6-7-10/h2-3H,4-7H2,1H3. The molecule has 0 saturated carbocycles. The van der Waals surface area contributed by atoms with Crippen molar-refractivity contribution in [3.63, 3.8) is 0 Å². The predicted octanol–water partition coefficient (Wildman–Crippen LogP) is 3.48. The monoisotopic (exact) mass is 248 g/mol. The Morgan fingerprint density at radius 1 is 1.40 bits per heavy atom. The van der Waals surface area contributed by atoms with Crippen molar-refractivity contribution in [2.24, 2.45) is 0 Å². The van der Waals surface area contributed by atoms with Crippen molar-refractivity contribution in [3.05, 3.63) is 23.3 Å². The summed E-state index contributed by atoms with van der Waals surface area (Å²) in [4.78, 5) is 0. The molecule has 0 N–H and O–H groups in total. The maximum atomic E-state index is 2.44. The molecule has 0 nitrogen and oxygen atoms in total. The van der Waals surface area contributed by atoms with Crippen LogP contribution < -0.4 is 0 Å². The van der Waals surface area contributed by atoms with Crippen LogP contribution in [-0.4, -0.2) is 4.43 Å². The fourth-order valence-electron chi connectivity index (χ4n) is 1.23. The summed E-state index contributed by atoms with van der Waals surface area (Å²) in [6, 6.07) is 0. The molecule has 0 aliphatic heterocycles. The molecule has 1 rings (SSSR count). The lowest BCUT2D eigenvalue weighted by atomic mass is 9.97. The second-order valence-corrected chi connectivity index (χ2v) is 3.78. The Morgan fingerprint density at radius 2 is 2.10 bits per heavy atom. The summed E-state index contributed by atoms with van der Waals surface area (Å²) in [5, 5.41) is 0. The van der Waals surface area contributed by atoms with Crippen LogP contribution in [0.1, 0.15) is 26.2 Å². The number of halogens is 1. The van der Waals surface area contributed by atoms with Crippen LogP contribution in [0.5, 0.6) is 0 Å². The van der Waals surface area contributed by atoms with Crippen LogP contribution in [-0.2, 0) is 0 Å². The highest BCUT2D eigenvalue weighted by Gasteiger charge is 2.02. The van der Waals surface area contributed by atoms with Gasteiger partial charge in [-0.1, -0.05) is 45.9 Å². The van der Waals surface area contributed by atoms with Gasteiger partial charge in [0.05, 0.1) is 0 Å². The Bertz CT molecular complexity index is 166. The summed E-state index contributed by atoms with van der Waals surface area (Å²) in [7, 11) is 0. The molecule has 0 aromatic heterocycles. The number of hydrogen-bond donors (Lipinski definition) is 0. The third-order valence-electron chi connectivity index (χ3n) is 1.95. The topological polar surface area (TPSA) is 0 Å². The van der Waals surface area contributed by atoms with Crippen LogP contribution in [0.4, 0.5) is 0 Å². The molecule has 0 amide bonds. The first-order valence-corrected chi connectivity index (χ1v) is 5.25. The molecule has 10 heavy (non-hydrogen) atoms. The van der Waals surface area contributed by atoms with Crippen LogP contribution in [0, 0.1) is 0 Å². The molecule has 0 fully saturated rings. The fourth-order valence-corrected chi connectivity index (χ4v) is 1.88. The lowest BCUT2D eigenvalue weighted by Gasteiger charge is -2.11. The number of hydrogen-bond acceptors (Lipinski definition) is 0. The number of allylic oxidation sites excluding steroid dienone is 4. The quantitative estimate of drug-likeness (QED) is 0.398. The highest BCUT2D eigenvalue weighted by atomic mass is 127. The zero-order valence-corrected chi connectivity index (χ0v) is 8.52. The van der Waals surface area contributed by atoms with Crippen molar-refractivity contribution >= 4 is 22.6 Å². The van der Waals surface area contributed by atoms with E-state index in [9.17, 15) is 0 Å². The van der Waals surface area contributed by atoms with E-state index in [1.54, 1.807) is 11.1 Å². The van der Waals surface area contributed by atoms with E-state index in [-0.39, 0.29) is 0 Å². The van der Waals surface area contributed by atoms with Gasteiger partial charge in [-0.3, -0.25) is 0 Å². The van der Waals surface area contributed by atoms with Crippen LogP contribution in [0.2, 0.25) is 0 Å². The minimum absolute atomic E-state index is 1.19. The molecule has 0 radical (unpaired) electrons. The lowest BCUT2D eigenvalue weighted by Crippen LogP contribution is -1.92. The van der Waals surface area contributed by atoms with Gasteiger partial charge in [-0.2, -0.15) is 0 Å². The van der Waals surface area contributed by atoms with Crippen molar-refractivity contribution in [1.82, 2.24) is 0 Å². The highest BCUT2D eigenvalue weighted by molar-refractivity contribution is 14.1. The Kier molecular flexibility index (Phi) is 3.46. The molecule has 1 aliphatic carbocycles. The molecule has 0 unspecified atom stereocenters. The van der Waals surface area contributed by atoms with E-state index in [4.69, 9.17) is 0 Å². The summed E-state index contributed by atoms with van der Waals surface area (Å²) < 4.78 is 1.26. The average Bonchev–Trinajstić information content (AvgIpc) is 1.94. The van der Waals surface area contributed by atoms with Crippen LogP contribution in [0.25, 0.3) is 0 Å². The van der Waals surface area contributed by atoms with E-state index in [0.717, 1.165) is 0 Å². The lowest BCUT2D eigenvalue weighted by molar-refractivity contribution is 0.955. The summed E-state index contributed by atoms with van der Waals surface area (Å²) in [6.07, 6.45) is 8.23. The Morgan fingerprint density at radius 3 is 2.70 bits per heavy atom. The van der Waals surface area contributed by atoms with E-state index in [2.05, 4.69) is 41.7 Å². The molecular weight excluding hydrogens is 235 g/mol. The van der Waals surface area contributed by atoms with Gasteiger partial charge in [-0.05, 0) is 26.2 Å². The SMILES string of the molecule is CC1=C(CCI)CC=CC1. The largest absolute Gasteiger partial charge is 0.0860 e. The molecule has 1 aliphatic rings. The van der Waals surface area contributed by atoms with Crippen molar-refractivity contribution in [2.45, 2.75) is 26.2 Å². The van der Waals surface area contributed by atoms with Gasteiger partial charge in [0.1, 0.15) is 0 Å². The van der Waals surface area contributed by atoms with Crippen LogP contribution >= 0.6 is 22.6 Å². The maximum Gasteiger partial charge on any atom is 0.00328 e. The molecule has 56 valence electrons. The second kappa shape index (κ2) is 4.16. The zero-order chi connectivity index (χ0) is 7.40. The number of rotatable bonds is 2. The minimum Gasteiger partial charge on any atom is -0.0860 e. The molecule has 0 atom stereocenters. The number of alkyl halides is 1. The minimum atomic E-state index is 1.19.